The van der Waals surface area contributed by atoms with Gasteiger partial charge in [-0.25, -0.2) is 0 Å². The van der Waals surface area contributed by atoms with Crippen molar-refractivity contribution >= 4 is 27.5 Å². The zero-order chi connectivity index (χ0) is 12.8. The van der Waals surface area contributed by atoms with Crippen molar-refractivity contribution in [3.05, 3.63) is 34.9 Å². The van der Waals surface area contributed by atoms with Crippen LogP contribution in [0.2, 0.25) is 5.02 Å². The highest BCUT2D eigenvalue weighted by Crippen LogP contribution is 2.28. The van der Waals surface area contributed by atoms with Gasteiger partial charge < -0.3 is 4.74 Å². The topological polar surface area (TPSA) is 9.23 Å². The Bertz CT molecular complexity index is 363. The Hall–Kier alpha value is -0.0500. The van der Waals surface area contributed by atoms with E-state index in [0.29, 0.717) is 12.0 Å². The van der Waals surface area contributed by atoms with Crippen LogP contribution < -0.4 is 0 Å². The lowest BCUT2D eigenvalue weighted by molar-refractivity contribution is 0.102. The minimum absolute atomic E-state index is 0.514. The molecule has 1 aromatic carbocycles. The number of hydrogen-bond acceptors (Lipinski definition) is 1. The van der Waals surface area contributed by atoms with E-state index < -0.39 is 0 Å². The van der Waals surface area contributed by atoms with Gasteiger partial charge in [-0.2, -0.15) is 0 Å². The Morgan fingerprint density at radius 3 is 3.00 bits per heavy atom. The Morgan fingerprint density at radius 1 is 1.44 bits per heavy atom. The molecule has 1 aromatic rings. The van der Waals surface area contributed by atoms with E-state index in [9.17, 15) is 0 Å². The lowest BCUT2D eigenvalue weighted by Crippen LogP contribution is -2.07. The molecule has 1 aliphatic heterocycles. The number of ether oxygens (including phenoxy) is 1. The molecule has 0 N–H and O–H groups in total. The van der Waals surface area contributed by atoms with Gasteiger partial charge in [0.25, 0.3) is 0 Å². The summed E-state index contributed by atoms with van der Waals surface area (Å²) in [5.41, 5.74) is 1.34. The second-order valence-electron chi connectivity index (χ2n) is 4.97. The standard InChI is InChI=1S/C15H20BrClO/c16-11-13(12-4-1-6-14(17)10-12)5-2-7-15-8-3-9-18-15/h1,4,6,10,13,15H,2-3,5,7-9,11H2. The largest absolute Gasteiger partial charge is 0.378 e. The summed E-state index contributed by atoms with van der Waals surface area (Å²) in [6.45, 7) is 0.959. The van der Waals surface area contributed by atoms with Crippen LogP contribution >= 0.6 is 27.5 Å². The van der Waals surface area contributed by atoms with Crippen molar-refractivity contribution in [2.75, 3.05) is 11.9 Å². The Kier molecular flexibility index (Phi) is 6.00. The molecule has 0 radical (unpaired) electrons. The average molecular weight is 332 g/mol. The molecule has 1 saturated heterocycles. The molecule has 0 bridgehead atoms. The molecule has 0 spiro atoms. The van der Waals surface area contributed by atoms with Crippen LogP contribution in [-0.2, 0) is 4.74 Å². The predicted molar refractivity (Wildman–Crippen MR) is 80.8 cm³/mol. The van der Waals surface area contributed by atoms with Crippen LogP contribution in [0.25, 0.3) is 0 Å². The number of hydrogen-bond donors (Lipinski definition) is 0. The van der Waals surface area contributed by atoms with Gasteiger partial charge in [0.05, 0.1) is 6.10 Å². The van der Waals surface area contributed by atoms with Crippen LogP contribution in [0.4, 0.5) is 0 Å². The highest BCUT2D eigenvalue weighted by Gasteiger charge is 2.16. The van der Waals surface area contributed by atoms with Gasteiger partial charge in [0, 0.05) is 17.0 Å². The fourth-order valence-corrected chi connectivity index (χ4v) is 3.45. The van der Waals surface area contributed by atoms with Crippen LogP contribution in [0.15, 0.2) is 24.3 Å². The summed E-state index contributed by atoms with van der Waals surface area (Å²) in [6, 6.07) is 8.22. The normalized spacial score (nSPS) is 21.1. The minimum Gasteiger partial charge on any atom is -0.378 e. The summed E-state index contributed by atoms with van der Waals surface area (Å²) in [5.74, 6) is 0.560. The van der Waals surface area contributed by atoms with Gasteiger partial charge in [0.1, 0.15) is 0 Å². The van der Waals surface area contributed by atoms with E-state index in [2.05, 4.69) is 28.1 Å². The lowest BCUT2D eigenvalue weighted by atomic mass is 9.94. The van der Waals surface area contributed by atoms with Gasteiger partial charge in [0.2, 0.25) is 0 Å². The molecule has 0 aromatic heterocycles. The van der Waals surface area contributed by atoms with Gasteiger partial charge in [-0.3, -0.25) is 0 Å². The van der Waals surface area contributed by atoms with Gasteiger partial charge in [-0.1, -0.05) is 46.1 Å². The summed E-state index contributed by atoms with van der Waals surface area (Å²) in [7, 11) is 0. The van der Waals surface area contributed by atoms with Gasteiger partial charge in [-0.05, 0) is 49.3 Å². The first-order chi connectivity index (χ1) is 8.79. The monoisotopic (exact) mass is 330 g/mol. The summed E-state index contributed by atoms with van der Waals surface area (Å²) in [6.07, 6.45) is 6.63. The highest BCUT2D eigenvalue weighted by molar-refractivity contribution is 9.09. The molecule has 0 aliphatic carbocycles. The molecular weight excluding hydrogens is 312 g/mol. The smallest absolute Gasteiger partial charge is 0.0576 e. The summed E-state index contributed by atoms with van der Waals surface area (Å²) in [4.78, 5) is 0. The van der Waals surface area contributed by atoms with Crippen molar-refractivity contribution in [1.82, 2.24) is 0 Å². The average Bonchev–Trinajstić information content (AvgIpc) is 2.88. The van der Waals surface area contributed by atoms with E-state index in [-0.39, 0.29) is 0 Å². The number of halogens is 2. The van der Waals surface area contributed by atoms with Gasteiger partial charge in [-0.15, -0.1) is 0 Å². The van der Waals surface area contributed by atoms with E-state index >= 15 is 0 Å². The van der Waals surface area contributed by atoms with Gasteiger partial charge in [0.15, 0.2) is 0 Å². The molecule has 18 heavy (non-hydrogen) atoms. The van der Waals surface area contributed by atoms with Crippen LogP contribution in [0.5, 0.6) is 0 Å². The van der Waals surface area contributed by atoms with Crippen LogP contribution in [0, 0.1) is 0 Å². The molecular formula is C15H20BrClO. The quantitative estimate of drug-likeness (QED) is 0.654. The maximum absolute atomic E-state index is 6.05. The van der Waals surface area contributed by atoms with Crippen molar-refractivity contribution < 1.29 is 4.74 Å². The third-order valence-electron chi connectivity index (χ3n) is 3.61. The fourth-order valence-electron chi connectivity index (χ4n) is 2.56. The van der Waals surface area contributed by atoms with Crippen molar-refractivity contribution in [3.8, 4) is 0 Å². The lowest BCUT2D eigenvalue weighted by Gasteiger charge is -2.16. The summed E-state index contributed by atoms with van der Waals surface area (Å²) in [5, 5.41) is 1.83. The third kappa shape index (κ3) is 4.25. The second kappa shape index (κ2) is 7.52. The van der Waals surface area contributed by atoms with E-state index in [1.54, 1.807) is 0 Å². The maximum Gasteiger partial charge on any atom is 0.0576 e. The number of alkyl halides is 1. The fraction of sp³-hybridized carbons (Fsp3) is 0.600. The SMILES string of the molecule is Clc1cccc(C(CBr)CCCC2CCCO2)c1. The van der Waals surface area contributed by atoms with Crippen molar-refractivity contribution in [1.29, 1.82) is 0 Å². The van der Waals surface area contributed by atoms with Crippen molar-refractivity contribution in [3.63, 3.8) is 0 Å². The summed E-state index contributed by atoms with van der Waals surface area (Å²) >= 11 is 9.66. The van der Waals surface area contributed by atoms with Crippen LogP contribution in [0.1, 0.15) is 43.6 Å². The van der Waals surface area contributed by atoms with E-state index in [4.69, 9.17) is 16.3 Å². The van der Waals surface area contributed by atoms with E-state index in [0.717, 1.165) is 17.0 Å². The first kappa shape index (κ1) is 14.4. The molecule has 2 rings (SSSR count). The maximum atomic E-state index is 6.05. The molecule has 100 valence electrons. The molecule has 1 aliphatic rings. The van der Waals surface area contributed by atoms with Crippen LogP contribution in [-0.4, -0.2) is 18.0 Å². The summed E-state index contributed by atoms with van der Waals surface area (Å²) < 4.78 is 5.66. The number of benzene rings is 1. The number of rotatable bonds is 6. The Morgan fingerprint density at radius 2 is 2.33 bits per heavy atom. The van der Waals surface area contributed by atoms with Crippen molar-refractivity contribution in [2.24, 2.45) is 0 Å². The zero-order valence-electron chi connectivity index (χ0n) is 10.6. The molecule has 0 amide bonds. The molecule has 2 unspecified atom stereocenters. The molecule has 3 heteroatoms. The first-order valence-electron chi connectivity index (χ1n) is 6.72. The molecule has 0 saturated carbocycles. The second-order valence-corrected chi connectivity index (χ2v) is 6.06. The first-order valence-corrected chi connectivity index (χ1v) is 8.22. The zero-order valence-corrected chi connectivity index (χ0v) is 12.9. The molecule has 1 fully saturated rings. The predicted octanol–water partition coefficient (Wildman–Crippen LogP) is 5.17. The van der Waals surface area contributed by atoms with Gasteiger partial charge >= 0.3 is 0 Å². The van der Waals surface area contributed by atoms with Crippen LogP contribution in [0.3, 0.4) is 0 Å². The molecule has 1 nitrogen and oxygen atoms in total. The molecule has 2 atom stereocenters. The van der Waals surface area contributed by atoms with Crippen molar-refractivity contribution in [2.45, 2.75) is 44.1 Å². The highest BCUT2D eigenvalue weighted by atomic mass is 79.9. The minimum atomic E-state index is 0.514. The Balaban J connectivity index is 1.81. The van der Waals surface area contributed by atoms with E-state index in [1.165, 1.54) is 37.7 Å². The Labute approximate surface area is 123 Å². The molecule has 1 heterocycles. The van der Waals surface area contributed by atoms with E-state index in [1.807, 2.05) is 12.1 Å². The third-order valence-corrected chi connectivity index (χ3v) is 4.63.